The number of hydrogen-bond acceptors (Lipinski definition) is 6. The molecule has 34 heavy (non-hydrogen) atoms. The van der Waals surface area contributed by atoms with Crippen molar-refractivity contribution in [2.24, 2.45) is 10.2 Å². The quantitative estimate of drug-likeness (QED) is 0.200. The van der Waals surface area contributed by atoms with E-state index in [1.165, 1.54) is 12.4 Å². The highest BCUT2D eigenvalue weighted by atomic mass is 79.9. The number of hydrazone groups is 2. The SMILES string of the molecule is C=CCOc1ccc(Br)cc1/C=N/NC(=O)CCC(=O)N/N=C/c1cc(Br)ccc1OCC=C. The van der Waals surface area contributed by atoms with Crippen LogP contribution in [0, 0.1) is 0 Å². The van der Waals surface area contributed by atoms with Crippen LogP contribution in [0.2, 0.25) is 0 Å². The summed E-state index contributed by atoms with van der Waals surface area (Å²) in [4.78, 5) is 24.0. The van der Waals surface area contributed by atoms with Gasteiger partial charge >= 0.3 is 0 Å². The van der Waals surface area contributed by atoms with Crippen LogP contribution in [-0.2, 0) is 9.59 Å². The smallest absolute Gasteiger partial charge is 0.240 e. The largest absolute Gasteiger partial charge is 0.489 e. The fourth-order valence-corrected chi connectivity index (χ4v) is 3.24. The summed E-state index contributed by atoms with van der Waals surface area (Å²) in [6.45, 7) is 7.92. The Balaban J connectivity index is 1.82. The molecule has 2 aromatic carbocycles. The fraction of sp³-hybridized carbons (Fsp3) is 0.167. The van der Waals surface area contributed by atoms with E-state index in [4.69, 9.17) is 9.47 Å². The molecular formula is C24H24Br2N4O4. The van der Waals surface area contributed by atoms with Crippen molar-refractivity contribution in [1.82, 2.24) is 10.9 Å². The molecule has 0 heterocycles. The predicted octanol–water partition coefficient (Wildman–Crippen LogP) is 4.72. The van der Waals surface area contributed by atoms with E-state index in [1.807, 2.05) is 12.1 Å². The molecule has 0 unspecified atom stereocenters. The van der Waals surface area contributed by atoms with Crippen molar-refractivity contribution < 1.29 is 19.1 Å². The molecule has 8 nitrogen and oxygen atoms in total. The van der Waals surface area contributed by atoms with Gasteiger partial charge in [0.15, 0.2) is 0 Å². The molecule has 0 fully saturated rings. The van der Waals surface area contributed by atoms with Crippen LogP contribution in [0.1, 0.15) is 24.0 Å². The number of halogens is 2. The molecule has 0 aliphatic heterocycles. The van der Waals surface area contributed by atoms with Crippen LogP contribution in [0.3, 0.4) is 0 Å². The van der Waals surface area contributed by atoms with Crippen molar-refractivity contribution in [3.63, 3.8) is 0 Å². The van der Waals surface area contributed by atoms with Gasteiger partial charge in [-0.05, 0) is 36.4 Å². The normalized spacial score (nSPS) is 10.8. The van der Waals surface area contributed by atoms with Crippen molar-refractivity contribution in [2.75, 3.05) is 13.2 Å². The molecule has 2 amide bonds. The maximum Gasteiger partial charge on any atom is 0.240 e. The lowest BCUT2D eigenvalue weighted by atomic mass is 10.2. The van der Waals surface area contributed by atoms with Gasteiger partial charge in [-0.25, -0.2) is 10.9 Å². The van der Waals surface area contributed by atoms with Crippen LogP contribution in [0.15, 0.2) is 80.9 Å². The van der Waals surface area contributed by atoms with E-state index in [1.54, 1.807) is 36.4 Å². The van der Waals surface area contributed by atoms with Gasteiger partial charge in [0.2, 0.25) is 11.8 Å². The number of rotatable bonds is 13. The minimum Gasteiger partial charge on any atom is -0.489 e. The standard InChI is InChI=1S/C24H24Br2N4O4/c1-3-11-33-21-7-5-19(25)13-17(21)15-27-29-23(31)9-10-24(32)30-28-16-18-14-20(26)6-8-22(18)34-12-4-2/h3-8,13-16H,1-2,9-12H2,(H,29,31)(H,30,32)/b27-15+,28-16+. The maximum absolute atomic E-state index is 12.0. The minimum atomic E-state index is -0.411. The van der Waals surface area contributed by atoms with E-state index in [2.05, 4.69) is 66.1 Å². The van der Waals surface area contributed by atoms with Crippen LogP contribution >= 0.6 is 31.9 Å². The van der Waals surface area contributed by atoms with Crippen molar-refractivity contribution in [3.8, 4) is 11.5 Å². The molecule has 0 saturated heterocycles. The summed E-state index contributed by atoms with van der Waals surface area (Å²) < 4.78 is 12.8. The highest BCUT2D eigenvalue weighted by molar-refractivity contribution is 9.10. The number of carbonyl (C=O) groups is 2. The molecule has 0 aliphatic carbocycles. The Kier molecular flexibility index (Phi) is 11.8. The Bertz CT molecular complexity index is 1000. The third kappa shape index (κ3) is 9.72. The fourth-order valence-electron chi connectivity index (χ4n) is 2.49. The number of amides is 2. The molecule has 0 aliphatic rings. The average molecular weight is 592 g/mol. The zero-order valence-electron chi connectivity index (χ0n) is 18.3. The van der Waals surface area contributed by atoms with Gasteiger partial charge in [0.25, 0.3) is 0 Å². The Morgan fingerprint density at radius 3 is 1.59 bits per heavy atom. The number of benzene rings is 2. The number of ether oxygens (including phenoxy) is 2. The van der Waals surface area contributed by atoms with E-state index < -0.39 is 11.8 Å². The van der Waals surface area contributed by atoms with E-state index in [9.17, 15) is 9.59 Å². The second-order valence-corrected chi connectivity index (χ2v) is 8.48. The molecule has 2 rings (SSSR count). The third-order valence-corrected chi connectivity index (χ3v) is 5.01. The van der Waals surface area contributed by atoms with Crippen LogP contribution in [-0.4, -0.2) is 37.5 Å². The highest BCUT2D eigenvalue weighted by Gasteiger charge is 2.07. The first-order valence-corrected chi connectivity index (χ1v) is 11.7. The van der Waals surface area contributed by atoms with Crippen molar-refractivity contribution in [1.29, 1.82) is 0 Å². The van der Waals surface area contributed by atoms with Crippen LogP contribution in [0.5, 0.6) is 11.5 Å². The van der Waals surface area contributed by atoms with E-state index >= 15 is 0 Å². The first-order valence-electron chi connectivity index (χ1n) is 10.1. The van der Waals surface area contributed by atoms with Gasteiger partial charge in [-0.2, -0.15) is 10.2 Å². The van der Waals surface area contributed by atoms with Crippen LogP contribution < -0.4 is 20.3 Å². The molecule has 0 saturated carbocycles. The van der Waals surface area contributed by atoms with Crippen molar-refractivity contribution >= 4 is 56.1 Å². The molecule has 0 bridgehead atoms. The topological polar surface area (TPSA) is 101 Å². The predicted molar refractivity (Wildman–Crippen MR) is 140 cm³/mol. The summed E-state index contributed by atoms with van der Waals surface area (Å²) in [5, 5.41) is 7.87. The first-order chi connectivity index (χ1) is 16.4. The summed E-state index contributed by atoms with van der Waals surface area (Å²) in [5.74, 6) is 0.376. The highest BCUT2D eigenvalue weighted by Crippen LogP contribution is 2.22. The van der Waals surface area contributed by atoms with E-state index in [0.29, 0.717) is 35.8 Å². The number of hydrogen-bond donors (Lipinski definition) is 2. The van der Waals surface area contributed by atoms with Gasteiger partial charge in [0.1, 0.15) is 24.7 Å². The van der Waals surface area contributed by atoms with Crippen LogP contribution in [0.25, 0.3) is 0 Å². The molecule has 0 radical (unpaired) electrons. The van der Waals surface area contributed by atoms with Crippen molar-refractivity contribution in [3.05, 3.63) is 81.8 Å². The Hall–Kier alpha value is -3.24. The van der Waals surface area contributed by atoms with Gasteiger partial charge in [-0.15, -0.1) is 0 Å². The number of carbonyl (C=O) groups excluding carboxylic acids is 2. The first kappa shape index (κ1) is 27.0. The van der Waals surface area contributed by atoms with Gasteiger partial charge in [0, 0.05) is 32.9 Å². The zero-order chi connectivity index (χ0) is 24.8. The lowest BCUT2D eigenvalue weighted by Crippen LogP contribution is -2.22. The summed E-state index contributed by atoms with van der Waals surface area (Å²) in [5.41, 5.74) is 6.14. The van der Waals surface area contributed by atoms with Crippen molar-refractivity contribution in [2.45, 2.75) is 12.8 Å². The molecular weight excluding hydrogens is 568 g/mol. The monoisotopic (exact) mass is 590 g/mol. The maximum atomic E-state index is 12.0. The van der Waals surface area contributed by atoms with Gasteiger partial charge in [-0.3, -0.25) is 9.59 Å². The Morgan fingerprint density at radius 2 is 1.21 bits per heavy atom. The average Bonchev–Trinajstić information content (AvgIpc) is 2.82. The molecule has 0 atom stereocenters. The molecule has 10 heteroatoms. The number of nitrogens with one attached hydrogen (secondary N) is 2. The molecule has 2 aromatic rings. The summed E-state index contributed by atoms with van der Waals surface area (Å²) in [6.07, 6.45) is 6.09. The molecule has 0 aromatic heterocycles. The molecule has 0 spiro atoms. The lowest BCUT2D eigenvalue weighted by molar-refractivity contribution is -0.126. The van der Waals surface area contributed by atoms with Gasteiger partial charge < -0.3 is 9.47 Å². The second kappa shape index (κ2) is 14.8. The summed E-state index contributed by atoms with van der Waals surface area (Å²) >= 11 is 6.77. The third-order valence-electron chi connectivity index (χ3n) is 4.02. The molecule has 178 valence electrons. The lowest BCUT2D eigenvalue weighted by Gasteiger charge is -2.07. The van der Waals surface area contributed by atoms with E-state index in [0.717, 1.165) is 8.95 Å². The van der Waals surface area contributed by atoms with Gasteiger partial charge in [-0.1, -0.05) is 57.2 Å². The Labute approximate surface area is 215 Å². The van der Waals surface area contributed by atoms with E-state index in [-0.39, 0.29) is 12.8 Å². The Morgan fingerprint density at radius 1 is 0.794 bits per heavy atom. The second-order valence-electron chi connectivity index (χ2n) is 6.65. The summed E-state index contributed by atoms with van der Waals surface area (Å²) in [7, 11) is 0. The van der Waals surface area contributed by atoms with Gasteiger partial charge in [0.05, 0.1) is 12.4 Å². The number of nitrogens with zero attached hydrogens (tertiary/aromatic N) is 2. The molecule has 2 N–H and O–H groups in total. The minimum absolute atomic E-state index is 0.0540. The zero-order valence-corrected chi connectivity index (χ0v) is 21.5. The van der Waals surface area contributed by atoms with Crippen LogP contribution in [0.4, 0.5) is 0 Å². The summed E-state index contributed by atoms with van der Waals surface area (Å²) in [6, 6.07) is 10.8.